The van der Waals surface area contributed by atoms with Gasteiger partial charge in [-0.2, -0.15) is 0 Å². The van der Waals surface area contributed by atoms with Gasteiger partial charge in [0.15, 0.2) is 10.4 Å². The molecule has 0 unspecified atom stereocenters. The lowest BCUT2D eigenvalue weighted by molar-refractivity contribution is 0.0746. The highest BCUT2D eigenvalue weighted by Gasteiger charge is 2.25. The van der Waals surface area contributed by atoms with Gasteiger partial charge in [-0.15, -0.1) is 0 Å². The van der Waals surface area contributed by atoms with Gasteiger partial charge < -0.3 is 19.5 Å². The van der Waals surface area contributed by atoms with E-state index < -0.39 is 0 Å². The number of amides is 2. The topological polar surface area (TPSA) is 65.8 Å². The molecule has 0 radical (unpaired) electrons. The van der Waals surface area contributed by atoms with Crippen molar-refractivity contribution in [3.8, 4) is 0 Å². The van der Waals surface area contributed by atoms with Crippen LogP contribution in [0, 0.1) is 6.92 Å². The Hall–Kier alpha value is -2.77. The van der Waals surface area contributed by atoms with Gasteiger partial charge in [0, 0.05) is 31.7 Å². The molecule has 160 valence electrons. The van der Waals surface area contributed by atoms with Gasteiger partial charge in [-0.3, -0.25) is 9.59 Å². The number of halogens is 2. The van der Waals surface area contributed by atoms with Crippen LogP contribution in [0.1, 0.15) is 26.5 Å². The Labute approximate surface area is 193 Å². The maximum absolute atomic E-state index is 12.8. The first-order valence-corrected chi connectivity index (χ1v) is 11.1. The summed E-state index contributed by atoms with van der Waals surface area (Å²) in [5.74, 6) is -0.135. The van der Waals surface area contributed by atoms with Crippen molar-refractivity contribution < 1.29 is 14.0 Å². The van der Waals surface area contributed by atoms with E-state index in [9.17, 15) is 9.59 Å². The van der Waals surface area contributed by atoms with Crippen molar-refractivity contribution >= 4 is 50.7 Å². The summed E-state index contributed by atoms with van der Waals surface area (Å²) in [7, 11) is 0. The molecule has 0 spiro atoms. The number of anilines is 2. The smallest absolute Gasteiger partial charge is 0.291 e. The molecule has 2 heterocycles. The fraction of sp³-hybridized carbons (Fsp3) is 0.217. The summed E-state index contributed by atoms with van der Waals surface area (Å²) in [6.07, 6.45) is 0. The number of piperazine rings is 1. The van der Waals surface area contributed by atoms with Gasteiger partial charge in [0.05, 0.1) is 16.4 Å². The van der Waals surface area contributed by atoms with E-state index in [1.54, 1.807) is 30.3 Å². The fourth-order valence-corrected chi connectivity index (χ4v) is 4.17. The molecule has 1 aromatic heterocycles. The lowest BCUT2D eigenvalue weighted by atomic mass is 10.1. The second kappa shape index (κ2) is 9.16. The summed E-state index contributed by atoms with van der Waals surface area (Å²) in [5, 5.41) is 3.42. The van der Waals surface area contributed by atoms with Gasteiger partial charge in [-0.1, -0.05) is 35.4 Å². The molecule has 1 aliphatic rings. The SMILES string of the molecule is Cc1ccc(C(=O)N2CCN(c3c(Cl)cccc3NC(=O)c3ccc(Br)o3)CC2)cc1. The van der Waals surface area contributed by atoms with E-state index in [0.29, 0.717) is 47.1 Å². The standard InChI is InChI=1S/C23H21BrClN3O3/c1-15-5-7-16(8-6-15)23(30)28-13-11-27(12-14-28)21-17(25)3-2-4-18(21)26-22(29)19-9-10-20(24)31-19/h2-10H,11-14H2,1H3,(H,26,29). The lowest BCUT2D eigenvalue weighted by Crippen LogP contribution is -2.49. The van der Waals surface area contributed by atoms with E-state index >= 15 is 0 Å². The first kappa shape index (κ1) is 21.5. The Balaban J connectivity index is 1.47. The number of rotatable bonds is 4. The molecule has 1 fully saturated rings. The van der Waals surface area contributed by atoms with Crippen molar-refractivity contribution in [1.29, 1.82) is 0 Å². The Bertz CT molecular complexity index is 1110. The number of carbonyl (C=O) groups is 2. The zero-order valence-corrected chi connectivity index (χ0v) is 19.2. The lowest BCUT2D eigenvalue weighted by Gasteiger charge is -2.37. The van der Waals surface area contributed by atoms with Crippen LogP contribution in [-0.2, 0) is 0 Å². The third-order valence-electron chi connectivity index (χ3n) is 5.21. The first-order valence-electron chi connectivity index (χ1n) is 9.88. The zero-order chi connectivity index (χ0) is 22.0. The van der Waals surface area contributed by atoms with Gasteiger partial charge in [-0.25, -0.2) is 0 Å². The van der Waals surface area contributed by atoms with Crippen LogP contribution in [0.3, 0.4) is 0 Å². The molecule has 1 N–H and O–H groups in total. The highest BCUT2D eigenvalue weighted by Crippen LogP contribution is 2.35. The Kier molecular flexibility index (Phi) is 6.34. The van der Waals surface area contributed by atoms with E-state index in [-0.39, 0.29) is 17.6 Å². The monoisotopic (exact) mass is 501 g/mol. The number of nitrogens with one attached hydrogen (secondary N) is 1. The van der Waals surface area contributed by atoms with Crippen molar-refractivity contribution in [1.82, 2.24) is 4.90 Å². The molecule has 0 saturated carbocycles. The molecule has 1 aliphatic heterocycles. The largest absolute Gasteiger partial charge is 0.444 e. The fourth-order valence-electron chi connectivity index (χ4n) is 3.57. The van der Waals surface area contributed by atoms with E-state index in [1.165, 1.54) is 0 Å². The Morgan fingerprint density at radius 1 is 1.00 bits per heavy atom. The molecule has 4 rings (SSSR count). The molecule has 31 heavy (non-hydrogen) atoms. The average Bonchev–Trinajstić information content (AvgIpc) is 3.21. The van der Waals surface area contributed by atoms with Crippen molar-refractivity contribution in [3.63, 3.8) is 0 Å². The van der Waals surface area contributed by atoms with E-state index in [0.717, 1.165) is 11.3 Å². The number of hydrogen-bond donors (Lipinski definition) is 1. The van der Waals surface area contributed by atoms with Gasteiger partial charge in [-0.05, 0) is 59.3 Å². The predicted octanol–water partition coefficient (Wildman–Crippen LogP) is 5.22. The van der Waals surface area contributed by atoms with Crippen LogP contribution in [0.15, 0.2) is 63.7 Å². The first-order chi connectivity index (χ1) is 14.9. The minimum atomic E-state index is -0.359. The summed E-state index contributed by atoms with van der Waals surface area (Å²) >= 11 is 9.71. The highest BCUT2D eigenvalue weighted by atomic mass is 79.9. The third kappa shape index (κ3) is 4.78. The zero-order valence-electron chi connectivity index (χ0n) is 16.9. The molecule has 6 nitrogen and oxygen atoms in total. The molecule has 2 aromatic carbocycles. The maximum atomic E-state index is 12.8. The van der Waals surface area contributed by atoms with Gasteiger partial charge in [0.25, 0.3) is 11.8 Å². The van der Waals surface area contributed by atoms with Gasteiger partial charge in [0.1, 0.15) is 0 Å². The number of para-hydroxylation sites is 1. The van der Waals surface area contributed by atoms with E-state index in [4.69, 9.17) is 16.0 Å². The minimum Gasteiger partial charge on any atom is -0.444 e. The molecule has 0 bridgehead atoms. The molecule has 0 aliphatic carbocycles. The Morgan fingerprint density at radius 2 is 1.71 bits per heavy atom. The number of nitrogens with zero attached hydrogens (tertiary/aromatic N) is 2. The summed E-state index contributed by atoms with van der Waals surface area (Å²) in [6, 6.07) is 16.3. The number of hydrogen-bond acceptors (Lipinski definition) is 4. The van der Waals surface area contributed by atoms with Crippen molar-refractivity contribution in [2.24, 2.45) is 0 Å². The van der Waals surface area contributed by atoms with Crippen molar-refractivity contribution in [2.45, 2.75) is 6.92 Å². The van der Waals surface area contributed by atoms with Crippen LogP contribution in [0.25, 0.3) is 0 Å². The van der Waals surface area contributed by atoms with Crippen LogP contribution in [-0.4, -0.2) is 42.9 Å². The summed E-state index contributed by atoms with van der Waals surface area (Å²) in [5.41, 5.74) is 3.15. The minimum absolute atomic E-state index is 0.0238. The average molecular weight is 503 g/mol. The summed E-state index contributed by atoms with van der Waals surface area (Å²) in [4.78, 5) is 29.3. The number of carbonyl (C=O) groups excluding carboxylic acids is 2. The Morgan fingerprint density at radius 3 is 2.35 bits per heavy atom. The van der Waals surface area contributed by atoms with Crippen molar-refractivity contribution in [3.05, 3.63) is 81.2 Å². The van der Waals surface area contributed by atoms with E-state index in [1.807, 2.05) is 36.1 Å². The molecule has 1 saturated heterocycles. The number of benzene rings is 2. The molecular formula is C23H21BrClN3O3. The maximum Gasteiger partial charge on any atom is 0.291 e. The molecule has 2 amide bonds. The molecule has 8 heteroatoms. The van der Waals surface area contributed by atoms with Crippen LogP contribution < -0.4 is 10.2 Å². The van der Waals surface area contributed by atoms with E-state index in [2.05, 4.69) is 26.1 Å². The second-order valence-corrected chi connectivity index (χ2v) is 8.53. The van der Waals surface area contributed by atoms with Gasteiger partial charge in [0.2, 0.25) is 0 Å². The quantitative estimate of drug-likeness (QED) is 0.531. The number of furan rings is 1. The molecule has 3 aromatic rings. The summed E-state index contributed by atoms with van der Waals surface area (Å²) in [6.45, 7) is 4.34. The second-order valence-electron chi connectivity index (χ2n) is 7.34. The third-order valence-corrected chi connectivity index (χ3v) is 5.94. The normalized spacial score (nSPS) is 13.9. The summed E-state index contributed by atoms with van der Waals surface area (Å²) < 4.78 is 5.82. The number of aryl methyl sites for hydroxylation is 1. The molecule has 0 atom stereocenters. The predicted molar refractivity (Wildman–Crippen MR) is 125 cm³/mol. The van der Waals surface area contributed by atoms with Crippen LogP contribution in [0.4, 0.5) is 11.4 Å². The van der Waals surface area contributed by atoms with Crippen LogP contribution in [0.2, 0.25) is 5.02 Å². The van der Waals surface area contributed by atoms with Gasteiger partial charge >= 0.3 is 0 Å². The highest BCUT2D eigenvalue weighted by molar-refractivity contribution is 9.10. The van der Waals surface area contributed by atoms with Crippen molar-refractivity contribution in [2.75, 3.05) is 36.4 Å². The van der Waals surface area contributed by atoms with Crippen LogP contribution in [0.5, 0.6) is 0 Å². The van der Waals surface area contributed by atoms with Crippen LogP contribution >= 0.6 is 27.5 Å². The molecular weight excluding hydrogens is 482 g/mol.